The van der Waals surface area contributed by atoms with E-state index in [1.54, 1.807) is 0 Å². The molecule has 28 nitrogen and oxygen atoms in total. The zero-order chi connectivity index (χ0) is 46.4. The summed E-state index contributed by atoms with van der Waals surface area (Å²) in [6, 6.07) is 8.87. The van der Waals surface area contributed by atoms with E-state index in [0.29, 0.717) is 6.07 Å². The van der Waals surface area contributed by atoms with Crippen molar-refractivity contribution in [2.45, 2.75) is 19.6 Å². The molecule has 0 atom stereocenters. The minimum atomic E-state index is -5.52. The van der Waals surface area contributed by atoms with E-state index in [2.05, 4.69) is 58.1 Å². The zero-order valence-corrected chi connectivity index (χ0v) is 51.5. The van der Waals surface area contributed by atoms with Crippen molar-refractivity contribution in [2.24, 2.45) is 20.5 Å². The number of fused-ring (bicyclic) bond motifs is 1. The van der Waals surface area contributed by atoms with Gasteiger partial charge in [-0.25, -0.2) is 33.7 Å². The van der Waals surface area contributed by atoms with Crippen LogP contribution in [0.1, 0.15) is 0 Å². The first-order valence-electron chi connectivity index (χ1n) is 16.0. The molecule has 0 unspecified atom stereocenters. The van der Waals surface area contributed by atoms with E-state index in [1.165, 1.54) is 19.2 Å². The van der Waals surface area contributed by atoms with Crippen LogP contribution in [0.2, 0.25) is 0 Å². The zero-order valence-electron chi connectivity index (χ0n) is 35.8. The smallest absolute Gasteiger partial charge is 0.747 e. The monoisotopic (exact) mass is 1140 g/mol. The Hall–Kier alpha value is 1.07. The maximum atomic E-state index is 13.0. The summed E-state index contributed by atoms with van der Waals surface area (Å²) in [5.41, 5.74) is -2.25. The number of benzene rings is 4. The van der Waals surface area contributed by atoms with Crippen LogP contribution in [0.25, 0.3) is 10.8 Å². The van der Waals surface area contributed by atoms with Crippen LogP contribution < -0.4 is 174 Å². The van der Waals surface area contributed by atoms with Gasteiger partial charge in [-0.2, -0.15) is 4.33 Å². The number of aromatic hydroxyl groups is 1. The van der Waals surface area contributed by atoms with Gasteiger partial charge in [-0.3, -0.25) is 23.5 Å². The average Bonchev–Trinajstić information content (AvgIpc) is 3.23. The van der Waals surface area contributed by atoms with Gasteiger partial charge in [-0.1, -0.05) is 0 Å². The number of methoxy groups -OCH3 is 1. The van der Waals surface area contributed by atoms with Gasteiger partial charge in [0.1, 0.15) is 54.6 Å². The second-order valence-corrected chi connectivity index (χ2v) is 20.0. The Morgan fingerprint density at radius 3 is 1.69 bits per heavy atom. The fourth-order valence-electron chi connectivity index (χ4n) is 4.80. The second kappa shape index (κ2) is 33.9. The Morgan fingerprint density at radius 1 is 0.632 bits per heavy atom. The van der Waals surface area contributed by atoms with Crippen LogP contribution in [0.3, 0.4) is 0 Å². The predicted octanol–water partition coefficient (Wildman–Crippen LogP) is -13.4. The number of rotatable bonds is 26. The Bertz CT molecular complexity index is 2790. The molecule has 0 saturated carbocycles. The molecule has 0 saturated heterocycles. The molecule has 4 aromatic rings. The summed E-state index contributed by atoms with van der Waals surface area (Å²) in [4.78, 5) is -2.53. The van der Waals surface area contributed by atoms with Crippen molar-refractivity contribution in [3.05, 3.63) is 54.6 Å². The number of ether oxygens (including phenoxy) is 1. The van der Waals surface area contributed by atoms with Gasteiger partial charge in [0.25, 0.3) is 0 Å². The van der Waals surface area contributed by atoms with Gasteiger partial charge in [0, 0.05) is 10.8 Å². The van der Waals surface area contributed by atoms with Crippen LogP contribution in [0.5, 0.6) is 11.5 Å². The molecular formula is C28H24N5Na5O23S7. The summed E-state index contributed by atoms with van der Waals surface area (Å²) < 4.78 is 150. The summed E-state index contributed by atoms with van der Waals surface area (Å²) in [7, 11) is -17.7. The molecule has 0 aromatic heterocycles. The van der Waals surface area contributed by atoms with E-state index in [1.807, 2.05) is 0 Å². The van der Waals surface area contributed by atoms with Crippen molar-refractivity contribution >= 4 is 116 Å². The third kappa shape index (κ3) is 21.7. The molecular weight excluding hydrogens is 1110 g/mol. The number of phenolic OH excluding ortho intramolecular Hbond substituents is 1. The molecule has 0 bridgehead atoms. The molecule has 0 aliphatic heterocycles. The van der Waals surface area contributed by atoms with Gasteiger partial charge < -0.3 is 40.0 Å². The van der Waals surface area contributed by atoms with Gasteiger partial charge in [0.15, 0.2) is 50.1 Å². The van der Waals surface area contributed by atoms with Crippen LogP contribution in [0.15, 0.2) is 94.6 Å². The van der Waals surface area contributed by atoms with E-state index >= 15 is 0 Å². The molecule has 0 spiro atoms. The van der Waals surface area contributed by atoms with Gasteiger partial charge in [0.05, 0.1) is 69.1 Å². The number of anilines is 1. The SMILES string of the molecule is COc1ccc(S(=O)(=O)CCOSOO[O-])cc1N=Nc1c(SOO[O-])cc2c(N=Nc3ccc(S(=O)(=O)CCOSOO[O-])cc3S(=O)(=O)[O-])c(NCS(=O)(=O)[O-])ccc2c1O.[Na+].[Na+].[Na+].[Na+].[Na+]. The first-order chi connectivity index (χ1) is 29.8. The van der Waals surface area contributed by atoms with Crippen molar-refractivity contribution in [3.8, 4) is 11.5 Å². The first-order valence-corrected chi connectivity index (χ1v) is 24.3. The Morgan fingerprint density at radius 2 is 1.16 bits per heavy atom. The van der Waals surface area contributed by atoms with Crippen molar-refractivity contribution in [3.63, 3.8) is 0 Å². The molecule has 346 valence electrons. The summed E-state index contributed by atoms with van der Waals surface area (Å²) in [5, 5.41) is 69.3. The standard InChI is InChI=1S/C28H29N5O23S7.5Na/c1-48-23-7-3-16(60(38,39)10-8-49-58-55-52-36)12-22(23)31-33-27-24(57-54-51-35)14-19-18(28(27)34)4-6-21(29-15-62(42,43)44)26(19)32-30-20-5-2-17(13-25(20)63(45,46)47)61(40,41)11-9-50-59-56-53-37;;;;;/h2-7,12-14,29,34-37H,8-11,15H2,1H3,(H,42,43,44)(H,45,46,47);;;;;/q;5*+1/p-5. The predicted molar refractivity (Wildman–Crippen MR) is 203 cm³/mol. The molecule has 4 aromatic carbocycles. The van der Waals surface area contributed by atoms with Crippen molar-refractivity contribution in [2.75, 3.05) is 43.0 Å². The number of hydrogen-bond acceptors (Lipinski definition) is 31. The van der Waals surface area contributed by atoms with Crippen LogP contribution >= 0.6 is 36.7 Å². The first kappa shape index (κ1) is 71.1. The minimum Gasteiger partial charge on any atom is -0.747 e. The average molecular weight is 1140 g/mol. The van der Waals surface area contributed by atoms with Crippen molar-refractivity contribution in [1.29, 1.82) is 0 Å². The van der Waals surface area contributed by atoms with E-state index in [9.17, 15) is 63.7 Å². The van der Waals surface area contributed by atoms with Crippen LogP contribution in [0, 0.1) is 0 Å². The van der Waals surface area contributed by atoms with Crippen molar-refractivity contribution < 1.29 is 253 Å². The Kier molecular flexibility index (Phi) is 35.4. The number of azo groups is 2. The van der Waals surface area contributed by atoms with Crippen LogP contribution in [0.4, 0.5) is 28.4 Å². The molecule has 2 N–H and O–H groups in total. The third-order valence-electron chi connectivity index (χ3n) is 7.46. The quantitative estimate of drug-likeness (QED) is 0.0112. The Balaban J connectivity index is 0. The molecule has 0 fully saturated rings. The van der Waals surface area contributed by atoms with Crippen LogP contribution in [-0.2, 0) is 76.4 Å². The van der Waals surface area contributed by atoms with Gasteiger partial charge in [-0.15, -0.1) is 29.1 Å². The Labute approximate surface area is 510 Å². The number of sulfone groups is 2. The maximum Gasteiger partial charge on any atom is 1.00 e. The maximum absolute atomic E-state index is 13.0. The topological polar surface area (TPSA) is 417 Å². The van der Waals surface area contributed by atoms with E-state index < -0.39 is 103 Å². The van der Waals surface area contributed by atoms with Gasteiger partial charge in [0.2, 0.25) is 0 Å². The summed E-state index contributed by atoms with van der Waals surface area (Å²) in [6.45, 7) is -1.06. The molecule has 0 radical (unpaired) electrons. The minimum absolute atomic E-state index is 0. The molecule has 0 aliphatic carbocycles. The molecule has 0 amide bonds. The van der Waals surface area contributed by atoms with Crippen molar-refractivity contribution in [1.82, 2.24) is 0 Å². The normalized spacial score (nSPS) is 11.9. The molecule has 0 aliphatic rings. The van der Waals surface area contributed by atoms with Gasteiger partial charge >= 0.3 is 148 Å². The largest absolute Gasteiger partial charge is 1.00 e. The summed E-state index contributed by atoms with van der Waals surface area (Å²) in [6.07, 6.45) is 0. The molecule has 0 heterocycles. The fraction of sp³-hybridized carbons (Fsp3) is 0.214. The second-order valence-electron chi connectivity index (χ2n) is 11.2. The summed E-state index contributed by atoms with van der Waals surface area (Å²) in [5.74, 6) is -3.48. The number of hydrogen-bond donors (Lipinski definition) is 2. The number of phenols is 1. The number of nitrogens with zero attached hydrogens (tertiary/aromatic N) is 4. The molecule has 4 rings (SSSR count). The number of nitrogens with one attached hydrogen (secondary N) is 1. The van der Waals surface area contributed by atoms with E-state index in [-0.39, 0.29) is 222 Å². The molecule has 40 heteroatoms. The summed E-state index contributed by atoms with van der Waals surface area (Å²) >= 11 is 0.219. The van der Waals surface area contributed by atoms with Gasteiger partial charge in [-0.05, 0) is 54.6 Å². The third-order valence-corrected chi connectivity index (χ3v) is 13.5. The van der Waals surface area contributed by atoms with Crippen LogP contribution in [-0.4, -0.2) is 85.6 Å². The van der Waals surface area contributed by atoms with E-state index in [4.69, 9.17) is 8.92 Å². The molecule has 68 heavy (non-hydrogen) atoms. The van der Waals surface area contributed by atoms with E-state index in [0.717, 1.165) is 36.4 Å². The fourth-order valence-corrected chi connectivity index (χ4v) is 9.19.